The normalized spacial score (nSPS) is 14.0. The third-order valence-electron chi connectivity index (χ3n) is 5.11. The number of hydrogen-bond donors (Lipinski definition) is 2. The largest absolute Gasteiger partial charge is 0.573 e. The van der Waals surface area contributed by atoms with Crippen molar-refractivity contribution in [3.8, 4) is 5.75 Å². The molecule has 0 saturated carbocycles. The lowest BCUT2D eigenvalue weighted by atomic mass is 10.2. The number of ether oxygens (including phenoxy) is 1. The highest BCUT2D eigenvalue weighted by Gasteiger charge is 2.31. The van der Waals surface area contributed by atoms with Crippen LogP contribution in [0.1, 0.15) is 12.5 Å². The van der Waals surface area contributed by atoms with Crippen LogP contribution in [0, 0.1) is 0 Å². The summed E-state index contributed by atoms with van der Waals surface area (Å²) < 4.78 is 71.3. The molecule has 184 valence electrons. The van der Waals surface area contributed by atoms with E-state index in [1.807, 2.05) is 22.9 Å². The number of nitrogens with one attached hydrogen (secondary N) is 2. The van der Waals surface area contributed by atoms with Crippen molar-refractivity contribution in [1.82, 2.24) is 9.88 Å². The van der Waals surface area contributed by atoms with Crippen molar-refractivity contribution < 1.29 is 26.3 Å². The minimum atomic E-state index is -4.75. The molecule has 12 heteroatoms. The molecule has 0 radical (unpaired) electrons. The predicted octanol–water partition coefficient (Wildman–Crippen LogP) is 4.89. The van der Waals surface area contributed by atoms with Crippen LogP contribution in [0.25, 0.3) is 0 Å². The number of allylic oxidation sites excluding steroid dienone is 1. The molecule has 1 aliphatic heterocycles. The van der Waals surface area contributed by atoms with E-state index < -0.39 is 16.6 Å². The number of nitrogens with zero attached hydrogens (tertiary/aromatic N) is 3. The van der Waals surface area contributed by atoms with Gasteiger partial charge in [-0.3, -0.25) is 14.4 Å². The van der Waals surface area contributed by atoms with Crippen molar-refractivity contribution >= 4 is 27.3 Å². The van der Waals surface area contributed by atoms with Gasteiger partial charge in [-0.15, -0.1) is 13.2 Å². The first-order chi connectivity index (χ1) is 16.6. The Hall–Kier alpha value is -3.93. The van der Waals surface area contributed by atoms with Gasteiger partial charge in [-0.25, -0.2) is 0 Å². The summed E-state index contributed by atoms with van der Waals surface area (Å²) in [6.07, 6.45) is 0.125. The van der Waals surface area contributed by atoms with E-state index in [1.54, 1.807) is 42.6 Å². The fourth-order valence-electron chi connectivity index (χ4n) is 3.50. The van der Waals surface area contributed by atoms with Gasteiger partial charge in [-0.1, -0.05) is 18.2 Å². The second kappa shape index (κ2) is 9.74. The van der Waals surface area contributed by atoms with E-state index in [0.717, 1.165) is 5.70 Å². The van der Waals surface area contributed by atoms with Crippen molar-refractivity contribution in [3.63, 3.8) is 0 Å². The summed E-state index contributed by atoms with van der Waals surface area (Å²) >= 11 is 0. The molecule has 4 rings (SSSR count). The Bertz CT molecular complexity index is 1300. The lowest BCUT2D eigenvalue weighted by Gasteiger charge is -2.24. The number of pyridine rings is 1. The Balaban J connectivity index is 1.44. The number of halogens is 3. The molecular formula is C23H22F3N5O3S. The van der Waals surface area contributed by atoms with Crippen molar-refractivity contribution in [3.05, 3.63) is 90.5 Å². The van der Waals surface area contributed by atoms with Crippen LogP contribution >= 0.6 is 0 Å². The average molecular weight is 506 g/mol. The lowest BCUT2D eigenvalue weighted by molar-refractivity contribution is -0.274. The van der Waals surface area contributed by atoms with Crippen LogP contribution in [0.5, 0.6) is 5.75 Å². The predicted molar refractivity (Wildman–Crippen MR) is 127 cm³/mol. The first kappa shape index (κ1) is 24.2. The molecular weight excluding hydrogens is 483 g/mol. The molecule has 0 bridgehead atoms. The van der Waals surface area contributed by atoms with E-state index >= 15 is 0 Å². The maximum Gasteiger partial charge on any atom is 0.573 e. The maximum atomic E-state index is 12.6. The number of aromatic nitrogens is 1. The van der Waals surface area contributed by atoms with Crippen LogP contribution < -0.4 is 19.1 Å². The van der Waals surface area contributed by atoms with Gasteiger partial charge in [0.15, 0.2) is 0 Å². The third-order valence-corrected chi connectivity index (χ3v) is 6.10. The van der Waals surface area contributed by atoms with Gasteiger partial charge in [0.25, 0.3) is 0 Å². The highest BCUT2D eigenvalue weighted by Crippen LogP contribution is 2.29. The monoisotopic (exact) mass is 505 g/mol. The first-order valence-corrected chi connectivity index (χ1v) is 11.9. The molecule has 0 atom stereocenters. The van der Waals surface area contributed by atoms with Gasteiger partial charge in [-0.2, -0.15) is 8.42 Å². The highest BCUT2D eigenvalue weighted by molar-refractivity contribution is 7.94. The second-order valence-corrected chi connectivity index (χ2v) is 9.14. The number of alkyl halides is 3. The van der Waals surface area contributed by atoms with E-state index in [4.69, 9.17) is 0 Å². The minimum Gasteiger partial charge on any atom is -0.406 e. The van der Waals surface area contributed by atoms with Crippen LogP contribution in [-0.4, -0.2) is 31.3 Å². The number of hydrogen-bond acceptors (Lipinski definition) is 6. The van der Waals surface area contributed by atoms with Crippen LogP contribution in [0.4, 0.5) is 30.2 Å². The Labute approximate surface area is 200 Å². The van der Waals surface area contributed by atoms with E-state index in [0.29, 0.717) is 35.8 Å². The third kappa shape index (κ3) is 6.57. The summed E-state index contributed by atoms with van der Waals surface area (Å²) in [5.74, 6) is -0.296. The molecule has 0 amide bonds. The SMILES string of the molecule is CC1=CN(c2ccc(OC(F)(F)F)cc2)CN1Cc1ccncc1NS(=O)(=O)Nc1ccccc1. The molecule has 1 aliphatic rings. The number of para-hydroxylation sites is 1. The van der Waals surface area contributed by atoms with Gasteiger partial charge in [0.1, 0.15) is 5.75 Å². The second-order valence-electron chi connectivity index (χ2n) is 7.73. The van der Waals surface area contributed by atoms with E-state index in [1.165, 1.54) is 30.5 Å². The zero-order valence-electron chi connectivity index (χ0n) is 18.5. The summed E-state index contributed by atoms with van der Waals surface area (Å²) in [6.45, 7) is 2.69. The summed E-state index contributed by atoms with van der Waals surface area (Å²) in [6, 6.07) is 15.8. The molecule has 1 aromatic heterocycles. The van der Waals surface area contributed by atoms with Gasteiger partial charge >= 0.3 is 16.6 Å². The topological polar surface area (TPSA) is 86.8 Å². The first-order valence-electron chi connectivity index (χ1n) is 10.4. The van der Waals surface area contributed by atoms with Gasteiger partial charge in [-0.05, 0) is 55.0 Å². The van der Waals surface area contributed by atoms with Crippen molar-refractivity contribution in [2.45, 2.75) is 19.8 Å². The van der Waals surface area contributed by atoms with Crippen LogP contribution in [0.15, 0.2) is 85.0 Å². The molecule has 0 spiro atoms. The molecule has 2 N–H and O–H groups in total. The fraction of sp³-hybridized carbons (Fsp3) is 0.174. The van der Waals surface area contributed by atoms with Crippen molar-refractivity contribution in [2.75, 3.05) is 21.0 Å². The van der Waals surface area contributed by atoms with Crippen LogP contribution in [-0.2, 0) is 16.8 Å². The van der Waals surface area contributed by atoms with Gasteiger partial charge in [0.2, 0.25) is 0 Å². The summed E-state index contributed by atoms with van der Waals surface area (Å²) in [4.78, 5) is 7.90. The molecule has 35 heavy (non-hydrogen) atoms. The molecule has 0 unspecified atom stereocenters. The van der Waals surface area contributed by atoms with Crippen molar-refractivity contribution in [1.29, 1.82) is 0 Å². The Morgan fingerprint density at radius 1 is 1.03 bits per heavy atom. The maximum absolute atomic E-state index is 12.6. The van der Waals surface area contributed by atoms with E-state index in [9.17, 15) is 21.6 Å². The smallest absolute Gasteiger partial charge is 0.406 e. The molecule has 2 heterocycles. The van der Waals surface area contributed by atoms with Crippen LogP contribution in [0.2, 0.25) is 0 Å². The summed E-state index contributed by atoms with van der Waals surface area (Å²) in [5, 5.41) is 0. The fourth-order valence-corrected chi connectivity index (χ4v) is 4.47. The quantitative estimate of drug-likeness (QED) is 0.453. The summed E-state index contributed by atoms with van der Waals surface area (Å²) in [7, 11) is -3.90. The van der Waals surface area contributed by atoms with E-state index in [2.05, 4.69) is 19.2 Å². The molecule has 0 fully saturated rings. The number of anilines is 3. The van der Waals surface area contributed by atoms with E-state index in [-0.39, 0.29) is 5.75 Å². The summed E-state index contributed by atoms with van der Waals surface area (Å²) in [5.41, 5.74) is 3.03. The van der Waals surface area contributed by atoms with Gasteiger partial charge in [0.05, 0.1) is 24.2 Å². The standard InChI is InChI=1S/C23H22F3N5O3S/c1-17-14-31(20-7-9-21(10-8-20)34-23(24,25)26)16-30(17)15-18-11-12-27-13-22(18)29-35(32,33)28-19-5-3-2-4-6-19/h2-14,28-29H,15-16H2,1H3. The number of benzene rings is 2. The molecule has 8 nitrogen and oxygen atoms in total. The minimum absolute atomic E-state index is 0.296. The average Bonchev–Trinajstić information content (AvgIpc) is 3.15. The molecule has 2 aromatic carbocycles. The number of rotatable bonds is 8. The van der Waals surface area contributed by atoms with Crippen molar-refractivity contribution in [2.24, 2.45) is 0 Å². The van der Waals surface area contributed by atoms with Gasteiger partial charge in [0, 0.05) is 30.3 Å². The Morgan fingerprint density at radius 3 is 2.43 bits per heavy atom. The molecule has 3 aromatic rings. The van der Waals surface area contributed by atoms with Crippen LogP contribution in [0.3, 0.4) is 0 Å². The lowest BCUT2D eigenvalue weighted by Crippen LogP contribution is -2.27. The zero-order chi connectivity index (χ0) is 25.1. The Kier molecular flexibility index (Phi) is 6.74. The zero-order valence-corrected chi connectivity index (χ0v) is 19.3. The van der Waals surface area contributed by atoms with Gasteiger partial charge < -0.3 is 14.5 Å². The Morgan fingerprint density at radius 2 is 1.74 bits per heavy atom. The highest BCUT2D eigenvalue weighted by atomic mass is 32.2. The molecule has 0 saturated heterocycles. The molecule has 0 aliphatic carbocycles.